The maximum atomic E-state index is 5.86. The van der Waals surface area contributed by atoms with Crippen LogP contribution in [0.15, 0.2) is 0 Å². The molecular weight excluding hydrogens is 174 g/mol. The van der Waals surface area contributed by atoms with Crippen LogP contribution in [-0.4, -0.2) is 31.7 Å². The van der Waals surface area contributed by atoms with Crippen molar-refractivity contribution in [1.29, 1.82) is 0 Å². The fourth-order valence-corrected chi connectivity index (χ4v) is 1.90. The van der Waals surface area contributed by atoms with Gasteiger partial charge in [0.15, 0.2) is 0 Å². The third-order valence-electron chi connectivity index (χ3n) is 2.45. The molecule has 1 rings (SSSR count). The first-order chi connectivity index (χ1) is 5.72. The second kappa shape index (κ2) is 5.05. The van der Waals surface area contributed by atoms with Crippen molar-refractivity contribution in [1.82, 2.24) is 5.32 Å². The summed E-state index contributed by atoms with van der Waals surface area (Å²) in [6.45, 7) is 4.11. The van der Waals surface area contributed by atoms with Gasteiger partial charge >= 0.3 is 0 Å². The van der Waals surface area contributed by atoms with E-state index < -0.39 is 0 Å². The Hall–Kier alpha value is 0.210. The predicted molar refractivity (Wildman–Crippen MR) is 51.7 cm³/mol. The Kier molecular flexibility index (Phi) is 4.33. The van der Waals surface area contributed by atoms with Gasteiger partial charge in [0.2, 0.25) is 0 Å². The van der Waals surface area contributed by atoms with Gasteiger partial charge in [-0.2, -0.15) is 0 Å². The molecule has 0 aromatic carbocycles. The largest absolute Gasteiger partial charge is 0.380 e. The van der Waals surface area contributed by atoms with Crippen LogP contribution in [0.1, 0.15) is 19.8 Å². The summed E-state index contributed by atoms with van der Waals surface area (Å²) < 4.78 is 5.12. The predicted octanol–water partition coefficient (Wildman–Crippen LogP) is 1.63. The molecule has 12 heavy (non-hydrogen) atoms. The van der Waals surface area contributed by atoms with Crippen LogP contribution in [0, 0.1) is 5.92 Å². The molecule has 0 aliphatic heterocycles. The van der Waals surface area contributed by atoms with Crippen molar-refractivity contribution in [3.8, 4) is 0 Å². The van der Waals surface area contributed by atoms with Crippen molar-refractivity contribution in [2.75, 3.05) is 20.2 Å². The first-order valence-electron chi connectivity index (χ1n) is 4.60. The number of methoxy groups -OCH3 is 1. The zero-order valence-corrected chi connectivity index (χ0v) is 8.60. The van der Waals surface area contributed by atoms with E-state index in [2.05, 4.69) is 12.2 Å². The highest BCUT2D eigenvalue weighted by Gasteiger charge is 2.26. The van der Waals surface area contributed by atoms with Gasteiger partial charge in [-0.15, -0.1) is 11.6 Å². The lowest BCUT2D eigenvalue weighted by molar-refractivity contribution is 0.114. The number of halogens is 1. The zero-order valence-electron chi connectivity index (χ0n) is 7.85. The molecule has 0 aromatic rings. The van der Waals surface area contributed by atoms with Crippen molar-refractivity contribution in [3.05, 3.63) is 0 Å². The Morgan fingerprint density at radius 3 is 2.75 bits per heavy atom. The second-order valence-corrected chi connectivity index (χ2v) is 4.26. The maximum Gasteiger partial charge on any atom is 0.0667 e. The van der Waals surface area contributed by atoms with E-state index in [-0.39, 0.29) is 0 Å². The first-order valence-corrected chi connectivity index (χ1v) is 5.03. The Labute approximate surface area is 79.6 Å². The van der Waals surface area contributed by atoms with Crippen molar-refractivity contribution >= 4 is 11.6 Å². The summed E-state index contributed by atoms with van der Waals surface area (Å²) in [5, 5.41) is 3.82. The van der Waals surface area contributed by atoms with Crippen LogP contribution in [0.2, 0.25) is 0 Å². The summed E-state index contributed by atoms with van der Waals surface area (Å²) in [4.78, 5) is 0. The minimum absolute atomic E-state index is 0.317. The van der Waals surface area contributed by atoms with Gasteiger partial charge in [0.05, 0.1) is 6.10 Å². The zero-order chi connectivity index (χ0) is 8.97. The van der Waals surface area contributed by atoms with Gasteiger partial charge in [-0.1, -0.05) is 0 Å². The SMILES string of the molecule is COC(C)CNCC1CC(Cl)C1. The van der Waals surface area contributed by atoms with Gasteiger partial charge in [0.1, 0.15) is 0 Å². The molecule has 0 amide bonds. The van der Waals surface area contributed by atoms with Gasteiger partial charge in [0.25, 0.3) is 0 Å². The molecule has 0 aromatic heterocycles. The Bertz CT molecular complexity index is 126. The number of nitrogens with one attached hydrogen (secondary N) is 1. The molecule has 0 saturated heterocycles. The minimum atomic E-state index is 0.317. The summed E-state index contributed by atoms with van der Waals surface area (Å²) >= 11 is 5.86. The summed E-state index contributed by atoms with van der Waals surface area (Å²) in [5.41, 5.74) is 0. The number of ether oxygens (including phenoxy) is 1. The molecule has 0 spiro atoms. The first kappa shape index (κ1) is 10.3. The van der Waals surface area contributed by atoms with Crippen LogP contribution in [0.3, 0.4) is 0 Å². The van der Waals surface area contributed by atoms with Gasteiger partial charge < -0.3 is 10.1 Å². The van der Waals surface area contributed by atoms with E-state index in [1.54, 1.807) is 7.11 Å². The fourth-order valence-electron chi connectivity index (χ4n) is 1.40. The van der Waals surface area contributed by atoms with Crippen LogP contribution in [0.4, 0.5) is 0 Å². The molecule has 1 fully saturated rings. The monoisotopic (exact) mass is 191 g/mol. The third-order valence-corrected chi connectivity index (χ3v) is 2.80. The van der Waals surface area contributed by atoms with Crippen LogP contribution < -0.4 is 5.32 Å². The topological polar surface area (TPSA) is 21.3 Å². The highest BCUT2D eigenvalue weighted by molar-refractivity contribution is 6.21. The molecule has 1 aliphatic rings. The van der Waals surface area contributed by atoms with E-state index >= 15 is 0 Å². The van der Waals surface area contributed by atoms with Gasteiger partial charge in [-0.25, -0.2) is 0 Å². The molecule has 1 saturated carbocycles. The minimum Gasteiger partial charge on any atom is -0.380 e. The summed E-state index contributed by atoms with van der Waals surface area (Å²) in [5.74, 6) is 0.802. The molecular formula is C9H18ClNO. The van der Waals surface area contributed by atoms with E-state index in [0.29, 0.717) is 11.5 Å². The summed E-state index contributed by atoms with van der Waals surface area (Å²) in [7, 11) is 1.74. The molecule has 0 bridgehead atoms. The van der Waals surface area contributed by atoms with E-state index in [0.717, 1.165) is 19.0 Å². The normalized spacial score (nSPS) is 31.2. The number of rotatable bonds is 5. The van der Waals surface area contributed by atoms with Gasteiger partial charge in [-0.3, -0.25) is 0 Å². The highest BCUT2D eigenvalue weighted by atomic mass is 35.5. The molecule has 1 aliphatic carbocycles. The molecule has 2 nitrogen and oxygen atoms in total. The van der Waals surface area contributed by atoms with Crippen molar-refractivity contribution in [3.63, 3.8) is 0 Å². The van der Waals surface area contributed by atoms with Crippen molar-refractivity contribution < 1.29 is 4.74 Å². The molecule has 1 N–H and O–H groups in total. The second-order valence-electron chi connectivity index (χ2n) is 3.64. The van der Waals surface area contributed by atoms with Crippen molar-refractivity contribution in [2.45, 2.75) is 31.2 Å². The van der Waals surface area contributed by atoms with Crippen LogP contribution in [0.5, 0.6) is 0 Å². The Morgan fingerprint density at radius 2 is 2.25 bits per heavy atom. The lowest BCUT2D eigenvalue weighted by Crippen LogP contribution is -2.36. The quantitative estimate of drug-likeness (QED) is 0.668. The average molecular weight is 192 g/mol. The smallest absolute Gasteiger partial charge is 0.0667 e. The van der Waals surface area contributed by atoms with E-state index in [1.165, 1.54) is 12.8 Å². The lowest BCUT2D eigenvalue weighted by Gasteiger charge is -2.31. The standard InChI is InChI=1S/C9H18ClNO/c1-7(12-2)5-11-6-8-3-9(10)4-8/h7-9,11H,3-6H2,1-2H3. The molecule has 1 unspecified atom stereocenters. The molecule has 3 heteroatoms. The van der Waals surface area contributed by atoms with Crippen LogP contribution in [0.25, 0.3) is 0 Å². The molecule has 0 heterocycles. The Balaban J connectivity index is 1.89. The van der Waals surface area contributed by atoms with E-state index in [9.17, 15) is 0 Å². The maximum absolute atomic E-state index is 5.86. The van der Waals surface area contributed by atoms with Gasteiger partial charge in [-0.05, 0) is 32.2 Å². The number of hydrogen-bond donors (Lipinski definition) is 1. The molecule has 72 valence electrons. The van der Waals surface area contributed by atoms with Crippen LogP contribution in [-0.2, 0) is 4.74 Å². The molecule has 1 atom stereocenters. The van der Waals surface area contributed by atoms with Gasteiger partial charge in [0, 0.05) is 19.0 Å². The van der Waals surface area contributed by atoms with Crippen molar-refractivity contribution in [2.24, 2.45) is 5.92 Å². The average Bonchev–Trinajstić information content (AvgIpc) is 2.01. The van der Waals surface area contributed by atoms with E-state index in [1.807, 2.05) is 0 Å². The van der Waals surface area contributed by atoms with Crippen LogP contribution >= 0.6 is 11.6 Å². The number of alkyl halides is 1. The lowest BCUT2D eigenvalue weighted by atomic mass is 9.85. The highest BCUT2D eigenvalue weighted by Crippen LogP contribution is 2.30. The third kappa shape index (κ3) is 3.30. The van der Waals surface area contributed by atoms with E-state index in [4.69, 9.17) is 16.3 Å². The summed E-state index contributed by atoms with van der Waals surface area (Å²) in [6.07, 6.45) is 2.67. The summed E-state index contributed by atoms with van der Waals surface area (Å²) in [6, 6.07) is 0. The molecule has 0 radical (unpaired) electrons. The Morgan fingerprint density at radius 1 is 1.58 bits per heavy atom. The fraction of sp³-hybridized carbons (Fsp3) is 1.00. The number of hydrogen-bond acceptors (Lipinski definition) is 2.